The fourth-order valence-electron chi connectivity index (χ4n) is 2.37. The Morgan fingerprint density at radius 1 is 1.15 bits per heavy atom. The molecule has 0 N–H and O–H groups in total. The van der Waals surface area contributed by atoms with Crippen LogP contribution in [0.15, 0.2) is 34.8 Å². The molecule has 0 bridgehead atoms. The Labute approximate surface area is 132 Å². The first-order chi connectivity index (χ1) is 9.58. The maximum Gasteiger partial charge on any atom is 0.163 e. The summed E-state index contributed by atoms with van der Waals surface area (Å²) in [6.07, 6.45) is 0.827. The normalized spacial score (nSPS) is 14.8. The van der Waals surface area contributed by atoms with Crippen molar-refractivity contribution in [2.24, 2.45) is 0 Å². The minimum atomic E-state index is -0.848. The van der Waals surface area contributed by atoms with Gasteiger partial charge < -0.3 is 4.74 Å². The van der Waals surface area contributed by atoms with Crippen molar-refractivity contribution in [1.29, 1.82) is 0 Å². The van der Waals surface area contributed by atoms with Gasteiger partial charge in [0.05, 0.1) is 11.4 Å². The van der Waals surface area contributed by atoms with Crippen LogP contribution in [-0.2, 0) is 6.42 Å². The fourth-order valence-corrected chi connectivity index (χ4v) is 3.59. The Balaban J connectivity index is 2.11. The van der Waals surface area contributed by atoms with Crippen LogP contribution in [-0.4, -0.2) is 6.61 Å². The van der Waals surface area contributed by atoms with Gasteiger partial charge in [-0.3, -0.25) is 0 Å². The lowest BCUT2D eigenvalue weighted by molar-refractivity contribution is 0.353. The van der Waals surface area contributed by atoms with Gasteiger partial charge in [0, 0.05) is 22.0 Å². The first kappa shape index (κ1) is 14.0. The highest BCUT2D eigenvalue weighted by Gasteiger charge is 2.25. The van der Waals surface area contributed by atoms with Crippen LogP contribution < -0.4 is 4.74 Å². The molecule has 0 aliphatic carbocycles. The van der Waals surface area contributed by atoms with E-state index in [1.165, 1.54) is 6.07 Å². The lowest BCUT2D eigenvalue weighted by Gasteiger charge is -2.16. The number of benzene rings is 2. The van der Waals surface area contributed by atoms with Crippen molar-refractivity contribution in [3.63, 3.8) is 0 Å². The number of ether oxygens (including phenoxy) is 1. The van der Waals surface area contributed by atoms with Gasteiger partial charge in [-0.15, -0.1) is 0 Å². The molecule has 0 aromatic heterocycles. The predicted octanol–water partition coefficient (Wildman–Crippen LogP) is 5.15. The zero-order valence-corrected chi connectivity index (χ0v) is 13.5. The SMILES string of the molecule is Fc1cccc(C(Br)c2cc(Br)cc3c2OCC3)c1F. The molecular formula is C15H10Br2F2O. The topological polar surface area (TPSA) is 9.23 Å². The molecule has 1 heterocycles. The Hall–Kier alpha value is -0.940. The van der Waals surface area contributed by atoms with E-state index in [0.717, 1.165) is 33.8 Å². The summed E-state index contributed by atoms with van der Waals surface area (Å²) in [5, 5.41) is 0. The Morgan fingerprint density at radius 2 is 1.95 bits per heavy atom. The Bertz CT molecular complexity index is 673. The summed E-state index contributed by atoms with van der Waals surface area (Å²) in [6.45, 7) is 0.615. The van der Waals surface area contributed by atoms with Crippen molar-refractivity contribution in [3.05, 3.63) is 63.1 Å². The van der Waals surface area contributed by atoms with E-state index in [9.17, 15) is 8.78 Å². The van der Waals surface area contributed by atoms with Gasteiger partial charge in [0.1, 0.15) is 5.75 Å². The summed E-state index contributed by atoms with van der Waals surface area (Å²) in [6, 6.07) is 8.04. The van der Waals surface area contributed by atoms with E-state index in [2.05, 4.69) is 31.9 Å². The highest BCUT2D eigenvalue weighted by molar-refractivity contribution is 9.10. The highest BCUT2D eigenvalue weighted by atomic mass is 79.9. The van der Waals surface area contributed by atoms with Crippen LogP contribution in [0, 0.1) is 11.6 Å². The molecule has 5 heteroatoms. The largest absolute Gasteiger partial charge is 0.493 e. The summed E-state index contributed by atoms with van der Waals surface area (Å²) < 4.78 is 33.8. The van der Waals surface area contributed by atoms with Crippen molar-refractivity contribution in [1.82, 2.24) is 0 Å². The Morgan fingerprint density at radius 3 is 2.75 bits per heavy atom. The molecule has 0 saturated carbocycles. The quantitative estimate of drug-likeness (QED) is 0.630. The average Bonchev–Trinajstić information content (AvgIpc) is 2.88. The second kappa shape index (κ2) is 5.45. The summed E-state index contributed by atoms with van der Waals surface area (Å²) >= 11 is 6.90. The van der Waals surface area contributed by atoms with Crippen LogP contribution in [0.3, 0.4) is 0 Å². The molecule has 0 fully saturated rings. The van der Waals surface area contributed by atoms with E-state index in [0.29, 0.717) is 6.61 Å². The van der Waals surface area contributed by atoms with Crippen LogP contribution in [0.25, 0.3) is 0 Å². The summed E-state index contributed by atoms with van der Waals surface area (Å²) in [7, 11) is 0. The number of hydrogen-bond donors (Lipinski definition) is 0. The molecule has 1 unspecified atom stereocenters. The molecule has 1 atom stereocenters. The average molecular weight is 404 g/mol. The first-order valence-corrected chi connectivity index (χ1v) is 7.82. The third-order valence-electron chi connectivity index (χ3n) is 3.30. The molecule has 3 rings (SSSR count). The van der Waals surface area contributed by atoms with Gasteiger partial charge >= 0.3 is 0 Å². The Kier molecular flexibility index (Phi) is 3.82. The molecule has 20 heavy (non-hydrogen) atoms. The molecule has 2 aromatic carbocycles. The number of fused-ring (bicyclic) bond motifs is 1. The molecule has 0 amide bonds. The zero-order chi connectivity index (χ0) is 14.3. The van der Waals surface area contributed by atoms with Crippen molar-refractivity contribution in [3.8, 4) is 5.75 Å². The molecular weight excluding hydrogens is 394 g/mol. The molecule has 0 radical (unpaired) electrons. The molecule has 0 spiro atoms. The van der Waals surface area contributed by atoms with Crippen LogP contribution in [0.1, 0.15) is 21.5 Å². The fraction of sp³-hybridized carbons (Fsp3) is 0.200. The van der Waals surface area contributed by atoms with Gasteiger partial charge in [0.25, 0.3) is 0 Å². The lowest BCUT2D eigenvalue weighted by atomic mass is 10.0. The van der Waals surface area contributed by atoms with Crippen molar-refractivity contribution in [2.75, 3.05) is 6.61 Å². The van der Waals surface area contributed by atoms with Crippen LogP contribution >= 0.6 is 31.9 Å². The molecule has 2 aromatic rings. The van der Waals surface area contributed by atoms with Crippen molar-refractivity contribution in [2.45, 2.75) is 11.2 Å². The highest BCUT2D eigenvalue weighted by Crippen LogP contribution is 2.43. The molecule has 104 valence electrons. The van der Waals surface area contributed by atoms with E-state index >= 15 is 0 Å². The monoisotopic (exact) mass is 402 g/mol. The first-order valence-electron chi connectivity index (χ1n) is 6.11. The summed E-state index contributed by atoms with van der Waals surface area (Å²) in [5.41, 5.74) is 2.15. The van der Waals surface area contributed by atoms with Gasteiger partial charge in [0.15, 0.2) is 11.6 Å². The number of alkyl halides is 1. The zero-order valence-electron chi connectivity index (χ0n) is 10.3. The maximum absolute atomic E-state index is 13.9. The standard InChI is InChI=1S/C15H10Br2F2O/c16-9-6-8-4-5-20-15(8)11(7-9)13(17)10-2-1-3-12(18)14(10)19/h1-3,6-7,13H,4-5H2. The van der Waals surface area contributed by atoms with Crippen LogP contribution in [0.4, 0.5) is 8.78 Å². The van der Waals surface area contributed by atoms with E-state index in [1.807, 2.05) is 12.1 Å². The van der Waals surface area contributed by atoms with Gasteiger partial charge in [-0.25, -0.2) is 8.78 Å². The predicted molar refractivity (Wildman–Crippen MR) is 80.5 cm³/mol. The lowest BCUT2D eigenvalue weighted by Crippen LogP contribution is -2.01. The molecule has 1 aliphatic heterocycles. The molecule has 0 saturated heterocycles. The number of halogens is 4. The summed E-state index contributed by atoms with van der Waals surface area (Å²) in [5.74, 6) is -0.917. The molecule has 1 aliphatic rings. The van der Waals surface area contributed by atoms with E-state index in [1.54, 1.807) is 6.07 Å². The van der Waals surface area contributed by atoms with E-state index < -0.39 is 16.5 Å². The second-order valence-corrected chi connectivity index (χ2v) is 6.42. The van der Waals surface area contributed by atoms with E-state index in [4.69, 9.17) is 4.74 Å². The van der Waals surface area contributed by atoms with Gasteiger partial charge in [-0.05, 0) is 23.8 Å². The molecule has 1 nitrogen and oxygen atoms in total. The third kappa shape index (κ3) is 2.37. The number of hydrogen-bond acceptors (Lipinski definition) is 1. The third-order valence-corrected chi connectivity index (χ3v) is 4.75. The van der Waals surface area contributed by atoms with Crippen molar-refractivity contribution < 1.29 is 13.5 Å². The van der Waals surface area contributed by atoms with Gasteiger partial charge in [-0.1, -0.05) is 44.0 Å². The van der Waals surface area contributed by atoms with Crippen LogP contribution in [0.2, 0.25) is 0 Å². The van der Waals surface area contributed by atoms with E-state index in [-0.39, 0.29) is 5.56 Å². The van der Waals surface area contributed by atoms with Gasteiger partial charge in [-0.2, -0.15) is 0 Å². The minimum Gasteiger partial charge on any atom is -0.493 e. The van der Waals surface area contributed by atoms with Crippen molar-refractivity contribution >= 4 is 31.9 Å². The number of rotatable bonds is 2. The smallest absolute Gasteiger partial charge is 0.163 e. The van der Waals surface area contributed by atoms with Crippen LogP contribution in [0.5, 0.6) is 5.75 Å². The second-order valence-electron chi connectivity index (χ2n) is 4.59. The minimum absolute atomic E-state index is 0.265. The maximum atomic E-state index is 13.9. The summed E-state index contributed by atoms with van der Waals surface area (Å²) in [4.78, 5) is -0.456. The van der Waals surface area contributed by atoms with Gasteiger partial charge in [0.2, 0.25) is 0 Å².